The number of rotatable bonds is 1. The van der Waals surface area contributed by atoms with Crippen LogP contribution in [0.2, 0.25) is 0 Å². The van der Waals surface area contributed by atoms with Crippen LogP contribution in [0.3, 0.4) is 0 Å². The van der Waals surface area contributed by atoms with Crippen molar-refractivity contribution in [2.75, 3.05) is 0 Å². The molecule has 10 heavy (non-hydrogen) atoms. The average Bonchev–Trinajstić information content (AvgIpc) is 1.88. The summed E-state index contributed by atoms with van der Waals surface area (Å²) in [6.07, 6.45) is 5.55. The summed E-state index contributed by atoms with van der Waals surface area (Å²) in [6, 6.07) is 0. The van der Waals surface area contributed by atoms with Crippen molar-refractivity contribution < 1.29 is 5.11 Å². The van der Waals surface area contributed by atoms with Crippen LogP contribution in [0, 0.1) is 5.92 Å². The van der Waals surface area contributed by atoms with Gasteiger partial charge in [-0.2, -0.15) is 0 Å². The molecule has 1 aliphatic rings. The molecule has 0 aliphatic heterocycles. The third-order valence-corrected chi connectivity index (χ3v) is 2.36. The highest BCUT2D eigenvalue weighted by Gasteiger charge is 2.16. The van der Waals surface area contributed by atoms with Crippen molar-refractivity contribution in [3.8, 4) is 0 Å². The van der Waals surface area contributed by atoms with Crippen LogP contribution in [0.1, 0.15) is 33.1 Å². The highest BCUT2D eigenvalue weighted by atomic mass is 16.3. The fraction of sp³-hybridized carbons (Fsp3) is 0.778. The molecule has 0 radical (unpaired) electrons. The number of hydrogen-bond acceptors (Lipinski definition) is 1. The normalized spacial score (nSPS) is 29.5. The Morgan fingerprint density at radius 1 is 1.70 bits per heavy atom. The van der Waals surface area contributed by atoms with Crippen molar-refractivity contribution in [3.05, 3.63) is 11.6 Å². The lowest BCUT2D eigenvalue weighted by molar-refractivity contribution is 0.119. The number of aliphatic hydroxyl groups is 1. The Hall–Kier alpha value is -0.300. The first-order valence-corrected chi connectivity index (χ1v) is 4.04. The zero-order valence-electron chi connectivity index (χ0n) is 6.80. The monoisotopic (exact) mass is 140 g/mol. The van der Waals surface area contributed by atoms with Crippen LogP contribution in [-0.2, 0) is 0 Å². The van der Waals surface area contributed by atoms with E-state index < -0.39 is 0 Å². The summed E-state index contributed by atoms with van der Waals surface area (Å²) in [5, 5.41) is 9.23. The molecule has 1 rings (SSSR count). The summed E-state index contributed by atoms with van der Waals surface area (Å²) in [5.41, 5.74) is 1.48. The summed E-state index contributed by atoms with van der Waals surface area (Å²) in [6.45, 7) is 4.05. The second-order valence-electron chi connectivity index (χ2n) is 3.33. The van der Waals surface area contributed by atoms with Crippen LogP contribution >= 0.6 is 0 Å². The van der Waals surface area contributed by atoms with E-state index in [1.807, 2.05) is 6.92 Å². The Kier molecular flexibility index (Phi) is 2.50. The molecule has 0 aromatic heterocycles. The summed E-state index contributed by atoms with van der Waals surface area (Å²) >= 11 is 0. The number of allylic oxidation sites excluding steroid dienone is 2. The Morgan fingerprint density at radius 2 is 2.40 bits per heavy atom. The van der Waals surface area contributed by atoms with E-state index in [2.05, 4.69) is 13.0 Å². The average molecular weight is 140 g/mol. The van der Waals surface area contributed by atoms with Gasteiger partial charge in [0, 0.05) is 0 Å². The molecular weight excluding hydrogens is 124 g/mol. The Labute approximate surface area is 62.8 Å². The van der Waals surface area contributed by atoms with Crippen molar-refractivity contribution in [2.24, 2.45) is 5.92 Å². The molecule has 1 aliphatic carbocycles. The largest absolute Gasteiger partial charge is 0.393 e. The molecule has 1 unspecified atom stereocenters. The molecule has 0 fully saturated rings. The molecular formula is C9H16O. The molecule has 0 spiro atoms. The van der Waals surface area contributed by atoms with Gasteiger partial charge in [0.15, 0.2) is 0 Å². The maximum Gasteiger partial charge on any atom is 0.0543 e. The van der Waals surface area contributed by atoms with Gasteiger partial charge in [-0.15, -0.1) is 0 Å². The fourth-order valence-electron chi connectivity index (χ4n) is 1.42. The second kappa shape index (κ2) is 3.20. The topological polar surface area (TPSA) is 20.2 Å². The molecule has 2 atom stereocenters. The lowest BCUT2D eigenvalue weighted by Gasteiger charge is -2.22. The van der Waals surface area contributed by atoms with Gasteiger partial charge in [0.2, 0.25) is 0 Å². The van der Waals surface area contributed by atoms with Gasteiger partial charge in [-0.3, -0.25) is 0 Å². The molecule has 0 amide bonds. The fourth-order valence-corrected chi connectivity index (χ4v) is 1.42. The van der Waals surface area contributed by atoms with E-state index in [0.29, 0.717) is 5.92 Å². The standard InChI is InChI=1S/C9H16O/c1-7-3-5-9(6-4-7)8(2)10/h3,8-10H,4-6H2,1-2H3/t8-,9?/m0/s1. The molecule has 1 heteroatoms. The molecule has 1 nitrogen and oxygen atoms in total. The molecule has 1 N–H and O–H groups in total. The number of aliphatic hydroxyl groups excluding tert-OH is 1. The first-order chi connectivity index (χ1) is 4.70. The minimum absolute atomic E-state index is 0.121. The van der Waals surface area contributed by atoms with Gasteiger partial charge in [-0.05, 0) is 39.0 Å². The quantitative estimate of drug-likeness (QED) is 0.553. The predicted octanol–water partition coefficient (Wildman–Crippen LogP) is 2.11. The van der Waals surface area contributed by atoms with Crippen molar-refractivity contribution in [2.45, 2.75) is 39.2 Å². The highest BCUT2D eigenvalue weighted by molar-refractivity contribution is 5.03. The van der Waals surface area contributed by atoms with Crippen LogP contribution in [0.5, 0.6) is 0 Å². The Morgan fingerprint density at radius 3 is 2.80 bits per heavy atom. The van der Waals surface area contributed by atoms with E-state index in [1.54, 1.807) is 0 Å². The van der Waals surface area contributed by atoms with Crippen molar-refractivity contribution in [1.29, 1.82) is 0 Å². The zero-order valence-corrected chi connectivity index (χ0v) is 6.80. The SMILES string of the molecule is CC1=CCC([C@H](C)O)CC1. The van der Waals surface area contributed by atoms with Gasteiger partial charge in [-0.25, -0.2) is 0 Å². The van der Waals surface area contributed by atoms with Crippen molar-refractivity contribution in [3.63, 3.8) is 0 Å². The van der Waals surface area contributed by atoms with E-state index in [1.165, 1.54) is 18.4 Å². The Bertz CT molecular complexity index is 136. The number of hydrogen-bond donors (Lipinski definition) is 1. The maximum atomic E-state index is 9.23. The predicted molar refractivity (Wildman–Crippen MR) is 42.8 cm³/mol. The third-order valence-electron chi connectivity index (χ3n) is 2.36. The lowest BCUT2D eigenvalue weighted by Crippen LogP contribution is -2.18. The van der Waals surface area contributed by atoms with E-state index in [9.17, 15) is 5.11 Å². The highest BCUT2D eigenvalue weighted by Crippen LogP contribution is 2.25. The molecule has 0 bridgehead atoms. The molecule has 0 saturated heterocycles. The minimum Gasteiger partial charge on any atom is -0.393 e. The molecule has 0 aromatic rings. The van der Waals surface area contributed by atoms with Gasteiger partial charge < -0.3 is 5.11 Å². The van der Waals surface area contributed by atoms with Gasteiger partial charge in [0.1, 0.15) is 0 Å². The van der Waals surface area contributed by atoms with E-state index in [4.69, 9.17) is 0 Å². The summed E-state index contributed by atoms with van der Waals surface area (Å²) in [7, 11) is 0. The molecule has 0 aromatic carbocycles. The van der Waals surface area contributed by atoms with Crippen LogP contribution in [0.25, 0.3) is 0 Å². The van der Waals surface area contributed by atoms with Crippen LogP contribution in [0.4, 0.5) is 0 Å². The summed E-state index contributed by atoms with van der Waals surface area (Å²) in [5.74, 6) is 0.517. The first kappa shape index (κ1) is 7.80. The van der Waals surface area contributed by atoms with Crippen molar-refractivity contribution in [1.82, 2.24) is 0 Å². The van der Waals surface area contributed by atoms with E-state index >= 15 is 0 Å². The van der Waals surface area contributed by atoms with Gasteiger partial charge >= 0.3 is 0 Å². The molecule has 0 heterocycles. The van der Waals surface area contributed by atoms with Gasteiger partial charge in [0.25, 0.3) is 0 Å². The summed E-state index contributed by atoms with van der Waals surface area (Å²) in [4.78, 5) is 0. The first-order valence-electron chi connectivity index (χ1n) is 4.04. The van der Waals surface area contributed by atoms with Gasteiger partial charge in [-0.1, -0.05) is 11.6 Å². The molecule has 58 valence electrons. The second-order valence-corrected chi connectivity index (χ2v) is 3.33. The Balaban J connectivity index is 2.42. The van der Waals surface area contributed by atoms with Crippen molar-refractivity contribution >= 4 is 0 Å². The van der Waals surface area contributed by atoms with Gasteiger partial charge in [0.05, 0.1) is 6.10 Å². The molecule has 0 saturated carbocycles. The van der Waals surface area contributed by atoms with Crippen LogP contribution < -0.4 is 0 Å². The maximum absolute atomic E-state index is 9.23. The summed E-state index contributed by atoms with van der Waals surface area (Å²) < 4.78 is 0. The smallest absolute Gasteiger partial charge is 0.0543 e. The zero-order chi connectivity index (χ0) is 7.56. The van der Waals surface area contributed by atoms with E-state index in [0.717, 1.165) is 6.42 Å². The lowest BCUT2D eigenvalue weighted by atomic mass is 9.87. The van der Waals surface area contributed by atoms with Crippen LogP contribution in [-0.4, -0.2) is 11.2 Å². The minimum atomic E-state index is -0.121. The van der Waals surface area contributed by atoms with E-state index in [-0.39, 0.29) is 6.10 Å². The third kappa shape index (κ3) is 1.84. The van der Waals surface area contributed by atoms with Crippen LogP contribution in [0.15, 0.2) is 11.6 Å².